The van der Waals surface area contributed by atoms with Crippen LogP contribution in [-0.4, -0.2) is 17.8 Å². The molecule has 1 heterocycles. The Hall–Kier alpha value is -0.620. The maximum atomic E-state index is 5.40. The third kappa shape index (κ3) is 3.19. The van der Waals surface area contributed by atoms with Gasteiger partial charge in [0.15, 0.2) is 11.0 Å². The van der Waals surface area contributed by atoms with Gasteiger partial charge in [-0.1, -0.05) is 12.1 Å². The molecule has 1 aromatic carbocycles. The molecular weight excluding hydrogens is 327 g/mol. The van der Waals surface area contributed by atoms with E-state index < -0.39 is 0 Å². The van der Waals surface area contributed by atoms with Gasteiger partial charge >= 0.3 is 0 Å². The van der Waals surface area contributed by atoms with E-state index in [1.54, 1.807) is 0 Å². The Morgan fingerprint density at radius 3 is 2.71 bits per heavy atom. The second-order valence-corrected chi connectivity index (χ2v) is 3.78. The van der Waals surface area contributed by atoms with Gasteiger partial charge in [-0.15, -0.1) is 0 Å². The van der Waals surface area contributed by atoms with Crippen LogP contribution in [0.3, 0.4) is 0 Å². The second kappa shape index (κ2) is 6.96. The Bertz CT molecular complexity index is 467. The van der Waals surface area contributed by atoms with Gasteiger partial charge in [-0.2, -0.15) is 0 Å². The summed E-state index contributed by atoms with van der Waals surface area (Å²) in [5.41, 5.74) is 2.57. The Morgan fingerprint density at radius 1 is 1.24 bits per heavy atom. The zero-order chi connectivity index (χ0) is 11.4. The van der Waals surface area contributed by atoms with Crippen LogP contribution in [0.4, 0.5) is 0 Å². The molecule has 4 heteroatoms. The standard InChI is InChI=1S/C13H19N2O.HI/c1-3-14-11-15(9-10-16-4-2)13-8-6-5-7-12(13)14;/h5-8,11H,3-4,9-10H2,1-2H3;1H/q+1;/p-1. The number of imidazole rings is 1. The first kappa shape index (κ1) is 14.4. The Balaban J connectivity index is 0.00000144. The van der Waals surface area contributed by atoms with Gasteiger partial charge < -0.3 is 28.7 Å². The van der Waals surface area contributed by atoms with Gasteiger partial charge in [0.05, 0.1) is 13.2 Å². The lowest BCUT2D eigenvalue weighted by Crippen LogP contribution is -3.00. The lowest BCUT2D eigenvalue weighted by Gasteiger charge is -1.98. The van der Waals surface area contributed by atoms with E-state index in [-0.39, 0.29) is 24.0 Å². The molecule has 94 valence electrons. The van der Waals surface area contributed by atoms with E-state index >= 15 is 0 Å². The van der Waals surface area contributed by atoms with E-state index in [0.717, 1.165) is 26.3 Å². The highest BCUT2D eigenvalue weighted by Gasteiger charge is 2.12. The van der Waals surface area contributed by atoms with Crippen LogP contribution in [0, 0.1) is 0 Å². The number of para-hydroxylation sites is 2. The first-order valence-corrected chi connectivity index (χ1v) is 5.91. The Kier molecular flexibility index (Phi) is 5.91. The van der Waals surface area contributed by atoms with Gasteiger partial charge in [0.25, 0.3) is 0 Å². The van der Waals surface area contributed by atoms with E-state index in [4.69, 9.17) is 4.74 Å². The molecule has 0 fully saturated rings. The van der Waals surface area contributed by atoms with Crippen molar-refractivity contribution >= 4 is 11.0 Å². The molecule has 0 N–H and O–H groups in total. The zero-order valence-corrected chi connectivity index (χ0v) is 12.6. The number of hydrogen-bond acceptors (Lipinski definition) is 1. The number of hydrogen-bond donors (Lipinski definition) is 0. The van der Waals surface area contributed by atoms with Gasteiger partial charge in [-0.05, 0) is 26.0 Å². The fourth-order valence-corrected chi connectivity index (χ4v) is 1.98. The monoisotopic (exact) mass is 346 g/mol. The first-order valence-electron chi connectivity index (χ1n) is 5.91. The van der Waals surface area contributed by atoms with Crippen LogP contribution in [0.5, 0.6) is 0 Å². The van der Waals surface area contributed by atoms with Crippen LogP contribution in [0.1, 0.15) is 13.8 Å². The molecule has 0 bridgehead atoms. The molecule has 1 aromatic heterocycles. The molecule has 0 saturated carbocycles. The highest BCUT2D eigenvalue weighted by Crippen LogP contribution is 2.10. The molecule has 0 amide bonds. The maximum Gasteiger partial charge on any atom is 0.244 e. The molecule has 17 heavy (non-hydrogen) atoms. The summed E-state index contributed by atoms with van der Waals surface area (Å²) in [6.07, 6.45) is 2.17. The van der Waals surface area contributed by atoms with Gasteiger partial charge in [-0.3, -0.25) is 0 Å². The van der Waals surface area contributed by atoms with Crippen LogP contribution in [0.25, 0.3) is 11.0 Å². The minimum atomic E-state index is 0. The molecule has 0 radical (unpaired) electrons. The lowest BCUT2D eigenvalue weighted by atomic mass is 10.3. The maximum absolute atomic E-state index is 5.40. The second-order valence-electron chi connectivity index (χ2n) is 3.78. The minimum Gasteiger partial charge on any atom is -1.00 e. The van der Waals surface area contributed by atoms with E-state index in [1.807, 2.05) is 6.92 Å². The SMILES string of the molecule is CCOCC[n+]1cn(CC)c2ccccc21.[I-]. The lowest BCUT2D eigenvalue weighted by molar-refractivity contribution is -0.674. The molecule has 0 aliphatic heterocycles. The number of fused-ring (bicyclic) bond motifs is 1. The van der Waals surface area contributed by atoms with Crippen molar-refractivity contribution in [2.45, 2.75) is 26.9 Å². The Morgan fingerprint density at radius 2 is 2.00 bits per heavy atom. The number of ether oxygens (including phenoxy) is 1. The highest BCUT2D eigenvalue weighted by atomic mass is 127. The molecule has 0 aliphatic carbocycles. The molecule has 0 unspecified atom stereocenters. The average molecular weight is 346 g/mol. The van der Waals surface area contributed by atoms with Crippen LogP contribution >= 0.6 is 0 Å². The number of rotatable bonds is 5. The minimum absolute atomic E-state index is 0. The molecule has 0 aliphatic rings. The van der Waals surface area contributed by atoms with Gasteiger partial charge in [0.2, 0.25) is 6.33 Å². The van der Waals surface area contributed by atoms with Crippen LogP contribution in [0.15, 0.2) is 30.6 Å². The van der Waals surface area contributed by atoms with Crippen molar-refractivity contribution in [1.29, 1.82) is 0 Å². The predicted molar refractivity (Wildman–Crippen MR) is 64.3 cm³/mol. The van der Waals surface area contributed by atoms with Gasteiger partial charge in [0.1, 0.15) is 6.54 Å². The van der Waals surface area contributed by atoms with Crippen LogP contribution < -0.4 is 28.5 Å². The molecule has 3 nitrogen and oxygen atoms in total. The topological polar surface area (TPSA) is 18.0 Å². The quantitative estimate of drug-likeness (QED) is 0.386. The molecule has 0 spiro atoms. The summed E-state index contributed by atoms with van der Waals surface area (Å²) in [6, 6.07) is 8.49. The summed E-state index contributed by atoms with van der Waals surface area (Å²) in [7, 11) is 0. The molecule has 0 atom stereocenters. The number of nitrogens with zero attached hydrogens (tertiary/aromatic N) is 2. The van der Waals surface area contributed by atoms with Crippen molar-refractivity contribution < 1.29 is 33.3 Å². The molecular formula is C13H19IN2O. The highest BCUT2D eigenvalue weighted by molar-refractivity contribution is 5.71. The average Bonchev–Trinajstić information content (AvgIpc) is 2.68. The van der Waals surface area contributed by atoms with Crippen LogP contribution in [-0.2, 0) is 17.8 Å². The summed E-state index contributed by atoms with van der Waals surface area (Å²) in [5, 5.41) is 0. The number of aryl methyl sites for hydroxylation is 1. The number of aromatic nitrogens is 2. The molecule has 2 rings (SSSR count). The molecule has 2 aromatic rings. The third-order valence-corrected chi connectivity index (χ3v) is 2.80. The Labute approximate surface area is 119 Å². The summed E-state index contributed by atoms with van der Waals surface area (Å²) in [4.78, 5) is 0. The van der Waals surface area contributed by atoms with Gasteiger partial charge in [-0.25, -0.2) is 9.13 Å². The zero-order valence-electron chi connectivity index (χ0n) is 10.4. The van der Waals surface area contributed by atoms with Crippen molar-refractivity contribution in [1.82, 2.24) is 4.57 Å². The van der Waals surface area contributed by atoms with E-state index in [2.05, 4.69) is 46.7 Å². The smallest absolute Gasteiger partial charge is 0.244 e. The van der Waals surface area contributed by atoms with Crippen molar-refractivity contribution in [3.05, 3.63) is 30.6 Å². The predicted octanol–water partition coefficient (Wildman–Crippen LogP) is -1.01. The van der Waals surface area contributed by atoms with E-state index in [1.165, 1.54) is 11.0 Å². The summed E-state index contributed by atoms with van der Waals surface area (Å²) < 4.78 is 9.92. The number of halogens is 1. The summed E-state index contributed by atoms with van der Waals surface area (Å²) >= 11 is 0. The van der Waals surface area contributed by atoms with E-state index in [0.29, 0.717) is 0 Å². The largest absolute Gasteiger partial charge is 1.00 e. The van der Waals surface area contributed by atoms with Crippen molar-refractivity contribution in [2.75, 3.05) is 13.2 Å². The summed E-state index contributed by atoms with van der Waals surface area (Å²) in [6.45, 7) is 7.68. The van der Waals surface area contributed by atoms with Gasteiger partial charge in [0, 0.05) is 6.61 Å². The van der Waals surface area contributed by atoms with Crippen molar-refractivity contribution in [2.24, 2.45) is 0 Å². The van der Waals surface area contributed by atoms with Crippen molar-refractivity contribution in [3.8, 4) is 0 Å². The fraction of sp³-hybridized carbons (Fsp3) is 0.462. The summed E-state index contributed by atoms with van der Waals surface area (Å²) in [5.74, 6) is 0. The first-order chi connectivity index (χ1) is 7.86. The van der Waals surface area contributed by atoms with E-state index in [9.17, 15) is 0 Å². The van der Waals surface area contributed by atoms with Crippen LogP contribution in [0.2, 0.25) is 0 Å². The fourth-order valence-electron chi connectivity index (χ4n) is 1.98. The normalized spacial score (nSPS) is 10.5. The third-order valence-electron chi connectivity index (χ3n) is 2.80. The number of benzene rings is 1. The van der Waals surface area contributed by atoms with Crippen molar-refractivity contribution in [3.63, 3.8) is 0 Å². The molecule has 0 saturated heterocycles.